The van der Waals surface area contributed by atoms with Crippen molar-refractivity contribution in [3.8, 4) is 0 Å². The van der Waals surface area contributed by atoms with E-state index in [1.54, 1.807) is 0 Å². The fraction of sp³-hybridized carbons (Fsp3) is 0.667. The summed E-state index contributed by atoms with van der Waals surface area (Å²) < 4.78 is 0. The summed E-state index contributed by atoms with van der Waals surface area (Å²) in [5.41, 5.74) is 4.81. The van der Waals surface area contributed by atoms with Crippen molar-refractivity contribution in [2.24, 2.45) is 5.41 Å². The number of nitrogens with one attached hydrogen (secondary N) is 1. The first kappa shape index (κ1) is 15.4. The molecule has 1 N–H and O–H groups in total. The van der Waals surface area contributed by atoms with Crippen LogP contribution in [0.15, 0.2) is 18.2 Å². The smallest absolute Gasteiger partial charge is 0.0396 e. The number of aryl methyl sites for hydroxylation is 1. The van der Waals surface area contributed by atoms with Gasteiger partial charge < -0.3 is 10.2 Å². The molecule has 0 aliphatic carbocycles. The minimum atomic E-state index is 0.565. The number of anilines is 1. The molecule has 0 amide bonds. The molecule has 0 radical (unpaired) electrons. The largest absolute Gasteiger partial charge is 0.371 e. The lowest BCUT2D eigenvalue weighted by molar-refractivity contribution is 0.238. The quantitative estimate of drug-likeness (QED) is 0.869. The molecule has 0 bridgehead atoms. The summed E-state index contributed by atoms with van der Waals surface area (Å²) in [6, 6.07) is 6.93. The van der Waals surface area contributed by atoms with Crippen molar-refractivity contribution in [3.05, 3.63) is 29.3 Å². The highest BCUT2D eigenvalue weighted by atomic mass is 15.1. The van der Waals surface area contributed by atoms with Crippen molar-refractivity contribution >= 4 is 5.69 Å². The van der Waals surface area contributed by atoms with Gasteiger partial charge in [-0.15, -0.1) is 0 Å². The van der Waals surface area contributed by atoms with Gasteiger partial charge in [-0.3, -0.25) is 0 Å². The van der Waals surface area contributed by atoms with Crippen LogP contribution in [0.3, 0.4) is 0 Å². The van der Waals surface area contributed by atoms with Crippen LogP contribution in [0.25, 0.3) is 0 Å². The number of hydrogen-bond donors (Lipinski definition) is 1. The maximum Gasteiger partial charge on any atom is 0.0396 e. The van der Waals surface area contributed by atoms with Crippen LogP contribution in [-0.2, 0) is 6.54 Å². The Kier molecular flexibility index (Phi) is 5.09. The first-order chi connectivity index (χ1) is 9.58. The number of nitrogens with zero attached hydrogens (tertiary/aromatic N) is 1. The second-order valence-corrected chi connectivity index (χ2v) is 6.55. The summed E-state index contributed by atoms with van der Waals surface area (Å²) in [7, 11) is 0. The molecule has 0 spiro atoms. The minimum absolute atomic E-state index is 0.565. The molecule has 1 aliphatic rings. The summed E-state index contributed by atoms with van der Waals surface area (Å²) in [5.74, 6) is 0. The molecule has 0 unspecified atom stereocenters. The van der Waals surface area contributed by atoms with E-state index < -0.39 is 0 Å². The van der Waals surface area contributed by atoms with Crippen molar-refractivity contribution in [1.29, 1.82) is 0 Å². The van der Waals surface area contributed by atoms with Gasteiger partial charge in [0.15, 0.2) is 0 Å². The van der Waals surface area contributed by atoms with Crippen LogP contribution >= 0.6 is 0 Å². The fourth-order valence-corrected chi connectivity index (χ4v) is 3.09. The standard InChI is InChI=1S/C18H30N2/c1-5-18(4)9-11-20(12-10-18)17-8-7-16(13-15(17)3)14-19-6-2/h7-8,13,19H,5-6,9-12,14H2,1-4H3. The van der Waals surface area contributed by atoms with Crippen LogP contribution in [0.4, 0.5) is 5.69 Å². The summed E-state index contributed by atoms with van der Waals surface area (Å²) in [6.07, 6.45) is 3.95. The maximum atomic E-state index is 3.40. The average Bonchev–Trinajstić information content (AvgIpc) is 2.46. The molecule has 0 aromatic heterocycles. The Morgan fingerprint density at radius 2 is 1.90 bits per heavy atom. The van der Waals surface area contributed by atoms with E-state index in [1.165, 1.54) is 49.2 Å². The summed E-state index contributed by atoms with van der Waals surface area (Å²) in [6.45, 7) is 13.6. The van der Waals surface area contributed by atoms with Gasteiger partial charge in [-0.05, 0) is 48.9 Å². The van der Waals surface area contributed by atoms with Crippen molar-refractivity contribution in [2.75, 3.05) is 24.5 Å². The molecular formula is C18H30N2. The van der Waals surface area contributed by atoms with Gasteiger partial charge in [0.25, 0.3) is 0 Å². The molecule has 2 heteroatoms. The van der Waals surface area contributed by atoms with Gasteiger partial charge in [0, 0.05) is 25.3 Å². The summed E-state index contributed by atoms with van der Waals surface area (Å²) in [5, 5.41) is 3.40. The molecule has 0 atom stereocenters. The van der Waals surface area contributed by atoms with Crippen LogP contribution < -0.4 is 10.2 Å². The normalized spacial score (nSPS) is 18.3. The van der Waals surface area contributed by atoms with E-state index in [4.69, 9.17) is 0 Å². The Morgan fingerprint density at radius 1 is 1.20 bits per heavy atom. The third-order valence-corrected chi connectivity index (χ3v) is 5.01. The third-order valence-electron chi connectivity index (χ3n) is 5.01. The van der Waals surface area contributed by atoms with Crippen molar-refractivity contribution < 1.29 is 0 Å². The minimum Gasteiger partial charge on any atom is -0.371 e. The van der Waals surface area contributed by atoms with Gasteiger partial charge in [0.05, 0.1) is 0 Å². The zero-order chi connectivity index (χ0) is 14.6. The van der Waals surface area contributed by atoms with Crippen LogP contribution in [0.2, 0.25) is 0 Å². The Balaban J connectivity index is 2.03. The zero-order valence-corrected chi connectivity index (χ0v) is 13.6. The predicted octanol–water partition coefficient (Wildman–Crippen LogP) is 4.12. The second kappa shape index (κ2) is 6.62. The molecule has 1 aromatic rings. The fourth-order valence-electron chi connectivity index (χ4n) is 3.09. The van der Waals surface area contributed by atoms with Crippen LogP contribution in [-0.4, -0.2) is 19.6 Å². The molecule has 1 fully saturated rings. The molecule has 1 aromatic carbocycles. The highest BCUT2D eigenvalue weighted by Gasteiger charge is 2.28. The molecule has 20 heavy (non-hydrogen) atoms. The first-order valence-corrected chi connectivity index (χ1v) is 8.13. The first-order valence-electron chi connectivity index (χ1n) is 8.13. The Morgan fingerprint density at radius 3 is 2.45 bits per heavy atom. The third kappa shape index (κ3) is 3.54. The predicted molar refractivity (Wildman–Crippen MR) is 88.4 cm³/mol. The van der Waals surface area contributed by atoms with E-state index in [-0.39, 0.29) is 0 Å². The van der Waals surface area contributed by atoms with Gasteiger partial charge in [-0.1, -0.05) is 39.3 Å². The lowest BCUT2D eigenvalue weighted by Crippen LogP contribution is -2.38. The van der Waals surface area contributed by atoms with Crippen LogP contribution in [0, 0.1) is 12.3 Å². The lowest BCUT2D eigenvalue weighted by Gasteiger charge is -2.40. The number of hydrogen-bond acceptors (Lipinski definition) is 2. The Hall–Kier alpha value is -1.02. The molecule has 1 aliphatic heterocycles. The molecule has 1 saturated heterocycles. The summed E-state index contributed by atoms with van der Waals surface area (Å²) >= 11 is 0. The van der Waals surface area contributed by atoms with Gasteiger partial charge in [0.1, 0.15) is 0 Å². The highest BCUT2D eigenvalue weighted by molar-refractivity contribution is 5.54. The highest BCUT2D eigenvalue weighted by Crippen LogP contribution is 2.36. The lowest BCUT2D eigenvalue weighted by atomic mass is 9.78. The molecular weight excluding hydrogens is 244 g/mol. The number of rotatable bonds is 5. The van der Waals surface area contributed by atoms with E-state index >= 15 is 0 Å². The SMILES string of the molecule is CCNCc1ccc(N2CCC(C)(CC)CC2)c(C)c1. The van der Waals surface area contributed by atoms with Crippen molar-refractivity contribution in [1.82, 2.24) is 5.32 Å². The Bertz CT molecular complexity index is 431. The van der Waals surface area contributed by atoms with E-state index in [9.17, 15) is 0 Å². The van der Waals surface area contributed by atoms with Gasteiger partial charge in [-0.25, -0.2) is 0 Å². The van der Waals surface area contributed by atoms with Gasteiger partial charge in [0.2, 0.25) is 0 Å². The van der Waals surface area contributed by atoms with Gasteiger partial charge >= 0.3 is 0 Å². The van der Waals surface area contributed by atoms with E-state index in [0.29, 0.717) is 5.41 Å². The molecule has 1 heterocycles. The molecule has 112 valence electrons. The van der Waals surface area contributed by atoms with Gasteiger partial charge in [-0.2, -0.15) is 0 Å². The number of benzene rings is 1. The molecule has 0 saturated carbocycles. The van der Waals surface area contributed by atoms with E-state index in [0.717, 1.165) is 13.1 Å². The number of piperidine rings is 1. The Labute approximate surface area is 124 Å². The van der Waals surface area contributed by atoms with E-state index in [1.807, 2.05) is 0 Å². The van der Waals surface area contributed by atoms with Crippen molar-refractivity contribution in [3.63, 3.8) is 0 Å². The van der Waals surface area contributed by atoms with E-state index in [2.05, 4.69) is 56.1 Å². The van der Waals surface area contributed by atoms with Crippen LogP contribution in [0.1, 0.15) is 51.2 Å². The van der Waals surface area contributed by atoms with Crippen molar-refractivity contribution in [2.45, 2.75) is 53.5 Å². The maximum absolute atomic E-state index is 3.40. The summed E-state index contributed by atoms with van der Waals surface area (Å²) in [4.78, 5) is 2.57. The zero-order valence-electron chi connectivity index (χ0n) is 13.6. The average molecular weight is 274 g/mol. The van der Waals surface area contributed by atoms with Crippen LogP contribution in [0.5, 0.6) is 0 Å². The molecule has 2 nitrogen and oxygen atoms in total. The second-order valence-electron chi connectivity index (χ2n) is 6.55. The molecule has 2 rings (SSSR count). The monoisotopic (exact) mass is 274 g/mol. The topological polar surface area (TPSA) is 15.3 Å².